The molecule has 0 aromatic heterocycles. The molecular formula is C19H23ClO4. The molecular weight excluding hydrogens is 328 g/mol. The first-order chi connectivity index (χ1) is 11.1. The Balaban J connectivity index is 2.66. The maximum absolute atomic E-state index is 12.4. The minimum atomic E-state index is -1.01. The largest absolute Gasteiger partial charge is 0.507 e. The summed E-state index contributed by atoms with van der Waals surface area (Å²) >= 11 is 6.05. The van der Waals surface area contributed by atoms with Crippen LogP contribution in [0.1, 0.15) is 44.9 Å². The highest BCUT2D eigenvalue weighted by Crippen LogP contribution is 2.39. The molecule has 0 radical (unpaired) electrons. The van der Waals surface area contributed by atoms with Gasteiger partial charge in [-0.05, 0) is 57.7 Å². The van der Waals surface area contributed by atoms with Crippen LogP contribution in [-0.2, 0) is 14.3 Å². The van der Waals surface area contributed by atoms with E-state index in [-0.39, 0.29) is 12.4 Å². The van der Waals surface area contributed by atoms with Crippen molar-refractivity contribution < 1.29 is 19.4 Å². The predicted molar refractivity (Wildman–Crippen MR) is 95.6 cm³/mol. The third kappa shape index (κ3) is 4.00. The minimum Gasteiger partial charge on any atom is -0.507 e. The lowest BCUT2D eigenvalue weighted by Gasteiger charge is -2.28. The van der Waals surface area contributed by atoms with E-state index in [9.17, 15) is 9.90 Å². The number of phenolic OH excluding ortho intramolecular Hbond substituents is 1. The van der Waals surface area contributed by atoms with Crippen LogP contribution in [0.5, 0.6) is 5.75 Å². The molecule has 0 bridgehead atoms. The molecule has 1 N–H and O–H groups in total. The Morgan fingerprint density at radius 2 is 1.96 bits per heavy atom. The lowest BCUT2D eigenvalue weighted by atomic mass is 9.96. The fraction of sp³-hybridized carbons (Fsp3) is 0.421. The molecule has 0 aliphatic rings. The van der Waals surface area contributed by atoms with Gasteiger partial charge < -0.3 is 14.6 Å². The number of carbonyl (C=O) groups is 1. The molecule has 1 unspecified atom stereocenters. The smallest absolute Gasteiger partial charge is 0.340 e. The first-order valence-electron chi connectivity index (χ1n) is 7.90. The van der Waals surface area contributed by atoms with E-state index >= 15 is 0 Å². The Kier molecular flexibility index (Phi) is 5.41. The number of benzene rings is 2. The van der Waals surface area contributed by atoms with E-state index in [1.54, 1.807) is 19.1 Å². The molecule has 0 aliphatic carbocycles. The van der Waals surface area contributed by atoms with Gasteiger partial charge in [-0.25, -0.2) is 4.79 Å². The highest BCUT2D eigenvalue weighted by molar-refractivity contribution is 6.31. The van der Waals surface area contributed by atoms with E-state index < -0.39 is 17.7 Å². The molecule has 130 valence electrons. The molecule has 0 saturated carbocycles. The van der Waals surface area contributed by atoms with Crippen LogP contribution < -0.4 is 0 Å². The molecule has 0 saturated heterocycles. The van der Waals surface area contributed by atoms with Gasteiger partial charge in [-0.15, -0.1) is 0 Å². The van der Waals surface area contributed by atoms with Gasteiger partial charge >= 0.3 is 5.97 Å². The average molecular weight is 351 g/mol. The number of aromatic hydroxyl groups is 1. The first kappa shape index (κ1) is 18.6. The van der Waals surface area contributed by atoms with Crippen molar-refractivity contribution in [2.75, 3.05) is 6.61 Å². The van der Waals surface area contributed by atoms with Crippen molar-refractivity contribution in [2.45, 2.75) is 46.3 Å². The normalized spacial score (nSPS) is 13.1. The Bertz CT molecular complexity index is 762. The van der Waals surface area contributed by atoms with Crippen LogP contribution in [0.25, 0.3) is 10.8 Å². The third-order valence-corrected chi connectivity index (χ3v) is 3.79. The number of hydrogen-bond donors (Lipinski definition) is 1. The van der Waals surface area contributed by atoms with Crippen molar-refractivity contribution in [3.63, 3.8) is 0 Å². The summed E-state index contributed by atoms with van der Waals surface area (Å²) in [6.45, 7) is 9.36. The summed E-state index contributed by atoms with van der Waals surface area (Å²) in [5.41, 5.74) is 0.585. The fourth-order valence-electron chi connectivity index (χ4n) is 2.63. The van der Waals surface area contributed by atoms with Crippen LogP contribution in [0.3, 0.4) is 0 Å². The molecule has 0 aliphatic heterocycles. The maximum atomic E-state index is 12.4. The lowest BCUT2D eigenvalue weighted by molar-refractivity contribution is -0.167. The van der Waals surface area contributed by atoms with Crippen molar-refractivity contribution >= 4 is 28.3 Å². The van der Waals surface area contributed by atoms with Crippen molar-refractivity contribution in [1.29, 1.82) is 0 Å². The molecule has 2 aromatic rings. The van der Waals surface area contributed by atoms with E-state index in [0.29, 0.717) is 16.0 Å². The van der Waals surface area contributed by atoms with Crippen molar-refractivity contribution in [3.8, 4) is 5.75 Å². The van der Waals surface area contributed by atoms with Gasteiger partial charge in [0.25, 0.3) is 0 Å². The molecule has 0 spiro atoms. The van der Waals surface area contributed by atoms with Crippen LogP contribution in [0.4, 0.5) is 0 Å². The van der Waals surface area contributed by atoms with Gasteiger partial charge in [0.1, 0.15) is 5.75 Å². The monoisotopic (exact) mass is 350 g/mol. The van der Waals surface area contributed by atoms with Gasteiger partial charge in [-0.1, -0.05) is 23.7 Å². The van der Waals surface area contributed by atoms with Crippen molar-refractivity contribution in [1.82, 2.24) is 0 Å². The zero-order valence-electron chi connectivity index (χ0n) is 14.6. The van der Waals surface area contributed by atoms with E-state index in [4.69, 9.17) is 21.1 Å². The van der Waals surface area contributed by atoms with E-state index in [2.05, 4.69) is 0 Å². The topological polar surface area (TPSA) is 55.8 Å². The van der Waals surface area contributed by atoms with Crippen LogP contribution in [-0.4, -0.2) is 23.3 Å². The summed E-state index contributed by atoms with van der Waals surface area (Å²) in [7, 11) is 0. The minimum absolute atomic E-state index is 0.00481. The Labute approximate surface area is 147 Å². The summed E-state index contributed by atoms with van der Waals surface area (Å²) in [4.78, 5) is 12.4. The molecule has 2 aromatic carbocycles. The van der Waals surface area contributed by atoms with Crippen LogP contribution in [0.15, 0.2) is 24.3 Å². The fourth-order valence-corrected chi connectivity index (χ4v) is 2.80. The zero-order valence-corrected chi connectivity index (χ0v) is 15.4. The summed E-state index contributed by atoms with van der Waals surface area (Å²) in [6.07, 6.45) is -1.01. The van der Waals surface area contributed by atoms with E-state index in [1.165, 1.54) is 0 Å². The number of fused-ring (bicyclic) bond motifs is 1. The number of esters is 1. The molecule has 5 heteroatoms. The number of aryl methyl sites for hydroxylation is 1. The van der Waals surface area contributed by atoms with Crippen molar-refractivity contribution in [2.24, 2.45) is 0 Å². The second-order valence-electron chi connectivity index (χ2n) is 6.68. The molecule has 1 atom stereocenters. The molecule has 0 fully saturated rings. The Hall–Kier alpha value is -1.78. The Morgan fingerprint density at radius 1 is 1.29 bits per heavy atom. The van der Waals surface area contributed by atoms with Gasteiger partial charge in [-0.3, -0.25) is 0 Å². The molecule has 0 amide bonds. The van der Waals surface area contributed by atoms with Crippen LogP contribution >= 0.6 is 11.6 Å². The number of hydrogen-bond acceptors (Lipinski definition) is 4. The lowest BCUT2D eigenvalue weighted by Crippen LogP contribution is -2.29. The van der Waals surface area contributed by atoms with Gasteiger partial charge in [0.05, 0.1) is 12.2 Å². The second kappa shape index (κ2) is 6.99. The number of halogens is 1. The maximum Gasteiger partial charge on any atom is 0.340 e. The number of rotatable bonds is 4. The van der Waals surface area contributed by atoms with Crippen LogP contribution in [0, 0.1) is 6.92 Å². The SMILES string of the molecule is CCOC(=O)C(OC(C)(C)C)c1c(C)cc2ccc(Cl)cc2c1O. The summed E-state index contributed by atoms with van der Waals surface area (Å²) < 4.78 is 11.1. The first-order valence-corrected chi connectivity index (χ1v) is 8.28. The highest BCUT2D eigenvalue weighted by atomic mass is 35.5. The molecule has 2 rings (SSSR count). The average Bonchev–Trinajstić information content (AvgIpc) is 2.46. The molecule has 24 heavy (non-hydrogen) atoms. The number of ether oxygens (including phenoxy) is 2. The van der Waals surface area contributed by atoms with Crippen LogP contribution in [0.2, 0.25) is 5.02 Å². The Morgan fingerprint density at radius 3 is 2.54 bits per heavy atom. The number of phenols is 1. The van der Waals surface area contributed by atoms with Gasteiger partial charge in [0.15, 0.2) is 6.10 Å². The number of carbonyl (C=O) groups excluding carboxylic acids is 1. The highest BCUT2D eigenvalue weighted by Gasteiger charge is 2.32. The van der Waals surface area contributed by atoms with E-state index in [1.807, 2.05) is 39.8 Å². The quantitative estimate of drug-likeness (QED) is 0.794. The summed E-state index contributed by atoms with van der Waals surface area (Å²) in [5.74, 6) is -0.526. The standard InChI is InChI=1S/C19H23ClO4/c1-6-23-18(22)17(24-19(3,4)5)15-11(2)9-12-7-8-13(20)10-14(12)16(15)21/h7-10,17,21H,6H2,1-5H3. The van der Waals surface area contributed by atoms with Gasteiger partial charge in [0.2, 0.25) is 0 Å². The zero-order chi connectivity index (χ0) is 18.1. The summed E-state index contributed by atoms with van der Waals surface area (Å²) in [5, 5.41) is 12.7. The predicted octanol–water partition coefficient (Wildman–Crippen LogP) is 4.93. The molecule has 0 heterocycles. The summed E-state index contributed by atoms with van der Waals surface area (Å²) in [6, 6.07) is 7.17. The van der Waals surface area contributed by atoms with E-state index in [0.717, 1.165) is 10.9 Å². The van der Waals surface area contributed by atoms with Gasteiger partial charge in [0, 0.05) is 16.0 Å². The van der Waals surface area contributed by atoms with Crippen molar-refractivity contribution in [3.05, 3.63) is 40.4 Å². The third-order valence-electron chi connectivity index (χ3n) is 3.56. The van der Waals surface area contributed by atoms with Gasteiger partial charge in [-0.2, -0.15) is 0 Å². The second-order valence-corrected chi connectivity index (χ2v) is 7.12. The molecule has 4 nitrogen and oxygen atoms in total.